The van der Waals surface area contributed by atoms with E-state index in [0.29, 0.717) is 6.61 Å². The van der Waals surface area contributed by atoms with Crippen molar-refractivity contribution in [1.82, 2.24) is 4.90 Å². The Kier molecular flexibility index (Phi) is 5.83. The zero-order valence-corrected chi connectivity index (χ0v) is 12.9. The Hall–Kier alpha value is -1.06. The minimum atomic E-state index is 0.00123. The SMILES string of the molecule is CCOc1ccc(CN(C)C(C)(C)CCO)cc1C. The van der Waals surface area contributed by atoms with Crippen molar-refractivity contribution < 1.29 is 9.84 Å². The van der Waals surface area contributed by atoms with Gasteiger partial charge in [0.05, 0.1) is 6.61 Å². The predicted molar refractivity (Wildman–Crippen MR) is 79.6 cm³/mol. The maximum atomic E-state index is 9.11. The molecule has 1 aromatic carbocycles. The smallest absolute Gasteiger partial charge is 0.122 e. The molecule has 0 atom stereocenters. The van der Waals surface area contributed by atoms with Crippen LogP contribution in [0, 0.1) is 6.92 Å². The van der Waals surface area contributed by atoms with Crippen LogP contribution < -0.4 is 4.74 Å². The van der Waals surface area contributed by atoms with Crippen molar-refractivity contribution >= 4 is 0 Å². The van der Waals surface area contributed by atoms with Gasteiger partial charge in [-0.1, -0.05) is 12.1 Å². The van der Waals surface area contributed by atoms with Gasteiger partial charge < -0.3 is 9.84 Å². The molecule has 0 aliphatic carbocycles. The zero-order chi connectivity index (χ0) is 14.5. The molecule has 0 saturated heterocycles. The lowest BCUT2D eigenvalue weighted by molar-refractivity contribution is 0.110. The van der Waals surface area contributed by atoms with Crippen LogP contribution in [0.5, 0.6) is 5.75 Å². The van der Waals surface area contributed by atoms with E-state index in [1.165, 1.54) is 11.1 Å². The summed E-state index contributed by atoms with van der Waals surface area (Å²) in [7, 11) is 2.10. The zero-order valence-electron chi connectivity index (χ0n) is 12.9. The lowest BCUT2D eigenvalue weighted by Crippen LogP contribution is -2.41. The van der Waals surface area contributed by atoms with Gasteiger partial charge in [0.1, 0.15) is 5.75 Å². The van der Waals surface area contributed by atoms with Crippen LogP contribution in [0.3, 0.4) is 0 Å². The number of hydrogen-bond donors (Lipinski definition) is 1. The van der Waals surface area contributed by atoms with Gasteiger partial charge in [0, 0.05) is 18.7 Å². The maximum Gasteiger partial charge on any atom is 0.122 e. The molecule has 0 unspecified atom stereocenters. The van der Waals surface area contributed by atoms with E-state index in [1.807, 2.05) is 13.0 Å². The summed E-state index contributed by atoms with van der Waals surface area (Å²) < 4.78 is 5.56. The number of aliphatic hydroxyl groups excluding tert-OH is 1. The maximum absolute atomic E-state index is 9.11. The number of aliphatic hydroxyl groups is 1. The van der Waals surface area contributed by atoms with Gasteiger partial charge >= 0.3 is 0 Å². The highest BCUT2D eigenvalue weighted by Gasteiger charge is 2.22. The Labute approximate surface area is 117 Å². The molecule has 3 nitrogen and oxygen atoms in total. The standard InChI is InChI=1S/C16H27NO2/c1-6-19-15-8-7-14(11-13(15)2)12-17(5)16(3,4)9-10-18/h7-8,11,18H,6,9-10,12H2,1-5H3. The molecular formula is C16H27NO2. The number of hydrogen-bond acceptors (Lipinski definition) is 3. The summed E-state index contributed by atoms with van der Waals surface area (Å²) in [6.45, 7) is 10.2. The molecule has 0 aliphatic heterocycles. The largest absolute Gasteiger partial charge is 0.494 e. The summed E-state index contributed by atoms with van der Waals surface area (Å²) >= 11 is 0. The summed E-state index contributed by atoms with van der Waals surface area (Å²) in [4.78, 5) is 2.28. The fraction of sp³-hybridized carbons (Fsp3) is 0.625. The molecule has 0 fully saturated rings. The van der Waals surface area contributed by atoms with Gasteiger partial charge in [-0.15, -0.1) is 0 Å². The fourth-order valence-electron chi connectivity index (χ4n) is 2.08. The Morgan fingerprint density at radius 2 is 2.00 bits per heavy atom. The van der Waals surface area contributed by atoms with E-state index in [2.05, 4.69) is 44.9 Å². The molecular weight excluding hydrogens is 238 g/mol. The Bertz CT molecular complexity index is 402. The van der Waals surface area contributed by atoms with Crippen LogP contribution in [-0.4, -0.2) is 35.8 Å². The van der Waals surface area contributed by atoms with Crippen molar-refractivity contribution in [2.45, 2.75) is 46.2 Å². The summed E-state index contributed by atoms with van der Waals surface area (Å²) in [5.41, 5.74) is 2.45. The third-order valence-corrected chi connectivity index (χ3v) is 3.72. The monoisotopic (exact) mass is 265 g/mol. The van der Waals surface area contributed by atoms with Crippen LogP contribution in [0.15, 0.2) is 18.2 Å². The topological polar surface area (TPSA) is 32.7 Å². The third-order valence-electron chi connectivity index (χ3n) is 3.72. The summed E-state index contributed by atoms with van der Waals surface area (Å²) in [5, 5.41) is 9.11. The molecule has 0 amide bonds. The first-order valence-corrected chi connectivity index (χ1v) is 6.95. The van der Waals surface area contributed by atoms with Gasteiger partial charge in [-0.3, -0.25) is 4.90 Å². The summed E-state index contributed by atoms with van der Waals surface area (Å²) in [6, 6.07) is 6.33. The second kappa shape index (κ2) is 6.92. The second-order valence-electron chi connectivity index (χ2n) is 5.67. The van der Waals surface area contributed by atoms with E-state index in [9.17, 15) is 0 Å². The first-order valence-electron chi connectivity index (χ1n) is 6.95. The Morgan fingerprint density at radius 1 is 1.32 bits per heavy atom. The number of nitrogens with zero attached hydrogens (tertiary/aromatic N) is 1. The Balaban J connectivity index is 2.74. The molecule has 0 spiro atoms. The third kappa shape index (κ3) is 4.51. The van der Waals surface area contributed by atoms with Crippen molar-refractivity contribution in [3.05, 3.63) is 29.3 Å². The molecule has 0 saturated carbocycles. The predicted octanol–water partition coefficient (Wildman–Crippen LogP) is 2.99. The van der Waals surface area contributed by atoms with Crippen molar-refractivity contribution in [1.29, 1.82) is 0 Å². The van der Waals surface area contributed by atoms with E-state index in [-0.39, 0.29) is 12.1 Å². The molecule has 19 heavy (non-hydrogen) atoms. The lowest BCUT2D eigenvalue weighted by Gasteiger charge is -2.35. The molecule has 0 bridgehead atoms. The van der Waals surface area contributed by atoms with Gasteiger partial charge in [-0.2, -0.15) is 0 Å². The van der Waals surface area contributed by atoms with E-state index in [1.54, 1.807) is 0 Å². The van der Waals surface area contributed by atoms with Crippen molar-refractivity contribution in [3.8, 4) is 5.75 Å². The number of rotatable bonds is 7. The van der Waals surface area contributed by atoms with Crippen molar-refractivity contribution in [2.24, 2.45) is 0 Å². The van der Waals surface area contributed by atoms with E-state index >= 15 is 0 Å². The number of benzene rings is 1. The summed E-state index contributed by atoms with van der Waals surface area (Å²) in [5.74, 6) is 0.962. The highest BCUT2D eigenvalue weighted by Crippen LogP contribution is 2.23. The molecule has 1 aromatic rings. The lowest BCUT2D eigenvalue weighted by atomic mass is 9.98. The van der Waals surface area contributed by atoms with Crippen LogP contribution in [0.2, 0.25) is 0 Å². The molecule has 1 N–H and O–H groups in total. The van der Waals surface area contributed by atoms with Gasteiger partial charge in [0.2, 0.25) is 0 Å². The minimum Gasteiger partial charge on any atom is -0.494 e. The molecule has 108 valence electrons. The first-order chi connectivity index (χ1) is 8.90. The number of aryl methyl sites for hydroxylation is 1. The molecule has 0 aromatic heterocycles. The van der Waals surface area contributed by atoms with Crippen molar-refractivity contribution in [2.75, 3.05) is 20.3 Å². The molecule has 0 radical (unpaired) electrons. The van der Waals surface area contributed by atoms with Gasteiger partial charge in [-0.05, 0) is 58.4 Å². The molecule has 0 aliphatic rings. The average molecular weight is 265 g/mol. The van der Waals surface area contributed by atoms with Crippen LogP contribution >= 0.6 is 0 Å². The highest BCUT2D eigenvalue weighted by atomic mass is 16.5. The van der Waals surface area contributed by atoms with Gasteiger partial charge in [-0.25, -0.2) is 0 Å². The first kappa shape index (κ1) is 16.0. The van der Waals surface area contributed by atoms with Crippen LogP contribution in [-0.2, 0) is 6.54 Å². The van der Waals surface area contributed by atoms with Gasteiger partial charge in [0.15, 0.2) is 0 Å². The van der Waals surface area contributed by atoms with E-state index < -0.39 is 0 Å². The van der Waals surface area contributed by atoms with Gasteiger partial charge in [0.25, 0.3) is 0 Å². The Morgan fingerprint density at radius 3 is 2.53 bits per heavy atom. The second-order valence-corrected chi connectivity index (χ2v) is 5.67. The molecule has 0 heterocycles. The average Bonchev–Trinajstić information content (AvgIpc) is 2.32. The number of ether oxygens (including phenoxy) is 1. The van der Waals surface area contributed by atoms with E-state index in [4.69, 9.17) is 9.84 Å². The van der Waals surface area contributed by atoms with Crippen LogP contribution in [0.1, 0.15) is 38.3 Å². The summed E-state index contributed by atoms with van der Waals surface area (Å²) in [6.07, 6.45) is 0.777. The van der Waals surface area contributed by atoms with E-state index in [0.717, 1.165) is 18.7 Å². The van der Waals surface area contributed by atoms with Crippen molar-refractivity contribution in [3.63, 3.8) is 0 Å². The quantitative estimate of drug-likeness (QED) is 0.822. The molecule has 3 heteroatoms. The normalized spacial score (nSPS) is 11.9. The highest BCUT2D eigenvalue weighted by molar-refractivity contribution is 5.36. The molecule has 1 rings (SSSR count). The van der Waals surface area contributed by atoms with Crippen LogP contribution in [0.25, 0.3) is 0 Å². The van der Waals surface area contributed by atoms with Crippen LogP contribution in [0.4, 0.5) is 0 Å². The fourth-order valence-corrected chi connectivity index (χ4v) is 2.08. The minimum absolute atomic E-state index is 0.00123.